The lowest BCUT2D eigenvalue weighted by Crippen LogP contribution is -2.41. The van der Waals surface area contributed by atoms with Crippen molar-refractivity contribution in [3.63, 3.8) is 0 Å². The Morgan fingerprint density at radius 2 is 1.82 bits per heavy atom. The molecular formula is C10H17NO5S. The molecule has 1 aliphatic heterocycles. The molecule has 0 aliphatic carbocycles. The van der Waals surface area contributed by atoms with Gasteiger partial charge in [-0.3, -0.25) is 9.59 Å². The summed E-state index contributed by atoms with van der Waals surface area (Å²) >= 11 is 0. The first-order chi connectivity index (χ1) is 7.84. The zero-order valence-electron chi connectivity index (χ0n) is 9.76. The van der Waals surface area contributed by atoms with Gasteiger partial charge >= 0.3 is 5.97 Å². The van der Waals surface area contributed by atoms with Crippen molar-refractivity contribution in [3.8, 4) is 0 Å². The van der Waals surface area contributed by atoms with Crippen LogP contribution in [0.25, 0.3) is 0 Å². The molecule has 7 heteroatoms. The van der Waals surface area contributed by atoms with Gasteiger partial charge in [0.15, 0.2) is 9.84 Å². The highest BCUT2D eigenvalue weighted by molar-refractivity contribution is 7.92. The largest absolute Gasteiger partial charge is 0.481 e. The molecule has 0 aromatic heterocycles. The second-order valence-electron chi connectivity index (χ2n) is 4.19. The van der Waals surface area contributed by atoms with Crippen LogP contribution in [0, 0.1) is 0 Å². The summed E-state index contributed by atoms with van der Waals surface area (Å²) < 4.78 is 23.4. The van der Waals surface area contributed by atoms with Crippen molar-refractivity contribution in [3.05, 3.63) is 0 Å². The van der Waals surface area contributed by atoms with Crippen molar-refractivity contribution in [2.24, 2.45) is 0 Å². The van der Waals surface area contributed by atoms with E-state index in [1.54, 1.807) is 0 Å². The molecule has 98 valence electrons. The Bertz CT molecular complexity index is 397. The van der Waals surface area contributed by atoms with E-state index >= 15 is 0 Å². The molecule has 1 N–H and O–H groups in total. The highest BCUT2D eigenvalue weighted by Gasteiger charge is 2.32. The smallest absolute Gasteiger partial charge is 0.304 e. The maximum absolute atomic E-state index is 11.8. The number of hydrogen-bond acceptors (Lipinski definition) is 4. The zero-order valence-corrected chi connectivity index (χ0v) is 10.6. The number of carboxylic acid groups (broad SMARTS) is 1. The van der Waals surface area contributed by atoms with Gasteiger partial charge < -0.3 is 10.0 Å². The van der Waals surface area contributed by atoms with Crippen molar-refractivity contribution < 1.29 is 23.1 Å². The fraction of sp³-hybridized carbons (Fsp3) is 0.800. The lowest BCUT2D eigenvalue weighted by atomic mass is 10.4. The van der Waals surface area contributed by atoms with Crippen LogP contribution in [0.1, 0.15) is 26.2 Å². The number of likely N-dealkylation sites (tertiary alicyclic amines) is 1. The molecule has 0 aromatic rings. The van der Waals surface area contributed by atoms with Gasteiger partial charge in [-0.05, 0) is 19.8 Å². The van der Waals surface area contributed by atoms with E-state index in [0.717, 1.165) is 12.8 Å². The molecule has 1 aliphatic rings. The van der Waals surface area contributed by atoms with Crippen LogP contribution in [0.2, 0.25) is 0 Å². The van der Waals surface area contributed by atoms with E-state index in [4.69, 9.17) is 5.11 Å². The third-order valence-corrected chi connectivity index (χ3v) is 4.96. The summed E-state index contributed by atoms with van der Waals surface area (Å²) in [6.07, 6.45) is 1.33. The summed E-state index contributed by atoms with van der Waals surface area (Å²) in [6, 6.07) is 0. The number of nitrogens with zero attached hydrogens (tertiary/aromatic N) is 1. The molecule has 1 fully saturated rings. The number of amides is 1. The number of carbonyl (C=O) groups excluding carboxylic acids is 1. The Balaban J connectivity index is 2.63. The van der Waals surface area contributed by atoms with Crippen LogP contribution in [-0.2, 0) is 19.4 Å². The predicted molar refractivity (Wildman–Crippen MR) is 61.3 cm³/mol. The molecule has 0 radical (unpaired) electrons. The molecule has 1 heterocycles. The van der Waals surface area contributed by atoms with Gasteiger partial charge in [0.2, 0.25) is 5.91 Å². The van der Waals surface area contributed by atoms with Crippen LogP contribution in [0.4, 0.5) is 0 Å². The van der Waals surface area contributed by atoms with Crippen LogP contribution in [0.5, 0.6) is 0 Å². The van der Waals surface area contributed by atoms with Crippen molar-refractivity contribution in [2.45, 2.75) is 31.4 Å². The molecule has 1 unspecified atom stereocenters. The van der Waals surface area contributed by atoms with Gasteiger partial charge in [0, 0.05) is 13.1 Å². The first-order valence-electron chi connectivity index (χ1n) is 5.57. The topological polar surface area (TPSA) is 91.8 Å². The van der Waals surface area contributed by atoms with Gasteiger partial charge in [-0.2, -0.15) is 0 Å². The second-order valence-corrected chi connectivity index (χ2v) is 6.63. The third-order valence-electron chi connectivity index (χ3n) is 2.90. The summed E-state index contributed by atoms with van der Waals surface area (Å²) in [7, 11) is -3.66. The first-order valence-corrected chi connectivity index (χ1v) is 7.28. The Kier molecular flexibility index (Phi) is 4.50. The Hall–Kier alpha value is -1.11. The highest BCUT2D eigenvalue weighted by atomic mass is 32.2. The van der Waals surface area contributed by atoms with Crippen molar-refractivity contribution in [2.75, 3.05) is 18.8 Å². The molecule has 17 heavy (non-hydrogen) atoms. The standard InChI is InChI=1S/C10H17NO5S/c1-8(10(14)11-5-2-3-6-11)17(15,16)7-4-9(12)13/h8H,2-7H2,1H3,(H,12,13). The minimum absolute atomic E-state index is 0.409. The molecule has 1 rings (SSSR count). The molecule has 0 aromatic carbocycles. The van der Waals surface area contributed by atoms with Gasteiger partial charge in [0.1, 0.15) is 5.25 Å². The van der Waals surface area contributed by atoms with Gasteiger partial charge in [-0.1, -0.05) is 0 Å². The quantitative estimate of drug-likeness (QED) is 0.747. The monoisotopic (exact) mass is 263 g/mol. The molecule has 0 saturated carbocycles. The summed E-state index contributed by atoms with van der Waals surface area (Å²) in [5.74, 6) is -2.06. The highest BCUT2D eigenvalue weighted by Crippen LogP contribution is 2.13. The Morgan fingerprint density at radius 1 is 1.29 bits per heavy atom. The van der Waals surface area contributed by atoms with Gasteiger partial charge in [-0.25, -0.2) is 8.42 Å². The number of carboxylic acids is 1. The fourth-order valence-corrected chi connectivity index (χ4v) is 3.02. The van der Waals surface area contributed by atoms with E-state index in [1.165, 1.54) is 11.8 Å². The van der Waals surface area contributed by atoms with Crippen molar-refractivity contribution >= 4 is 21.7 Å². The van der Waals surface area contributed by atoms with Crippen LogP contribution >= 0.6 is 0 Å². The van der Waals surface area contributed by atoms with E-state index < -0.39 is 39.1 Å². The Labute approximate surface area is 101 Å². The van der Waals surface area contributed by atoms with Gasteiger partial charge in [0.05, 0.1) is 12.2 Å². The minimum atomic E-state index is -3.66. The fourth-order valence-electron chi connectivity index (χ4n) is 1.75. The average molecular weight is 263 g/mol. The number of hydrogen-bond donors (Lipinski definition) is 1. The summed E-state index contributed by atoms with van der Waals surface area (Å²) in [5, 5.41) is 7.31. The predicted octanol–water partition coefficient (Wildman–Crippen LogP) is -0.113. The van der Waals surface area contributed by atoms with Crippen LogP contribution in [-0.4, -0.2) is 54.4 Å². The number of carbonyl (C=O) groups is 2. The maximum Gasteiger partial charge on any atom is 0.304 e. The molecule has 1 saturated heterocycles. The number of rotatable bonds is 5. The van der Waals surface area contributed by atoms with E-state index in [2.05, 4.69) is 0 Å². The normalized spacial score (nSPS) is 18.1. The van der Waals surface area contributed by atoms with Crippen LogP contribution in [0.3, 0.4) is 0 Å². The van der Waals surface area contributed by atoms with Crippen LogP contribution < -0.4 is 0 Å². The van der Waals surface area contributed by atoms with Crippen LogP contribution in [0.15, 0.2) is 0 Å². The lowest BCUT2D eigenvalue weighted by Gasteiger charge is -2.20. The SMILES string of the molecule is CC(C(=O)N1CCCC1)S(=O)(=O)CCC(=O)O. The van der Waals surface area contributed by atoms with E-state index in [1.807, 2.05) is 0 Å². The van der Waals surface area contributed by atoms with Crippen molar-refractivity contribution in [1.82, 2.24) is 4.90 Å². The third kappa shape index (κ3) is 3.69. The average Bonchev–Trinajstić information content (AvgIpc) is 2.78. The summed E-state index contributed by atoms with van der Waals surface area (Å²) in [6.45, 7) is 2.52. The molecule has 1 atom stereocenters. The van der Waals surface area contributed by atoms with E-state index in [-0.39, 0.29) is 0 Å². The van der Waals surface area contributed by atoms with Crippen molar-refractivity contribution in [1.29, 1.82) is 0 Å². The first kappa shape index (κ1) is 14.0. The minimum Gasteiger partial charge on any atom is -0.481 e. The molecule has 6 nitrogen and oxygen atoms in total. The molecule has 0 spiro atoms. The lowest BCUT2D eigenvalue weighted by molar-refractivity contribution is -0.136. The summed E-state index contributed by atoms with van der Waals surface area (Å²) in [5.41, 5.74) is 0. The van der Waals surface area contributed by atoms with E-state index in [9.17, 15) is 18.0 Å². The van der Waals surface area contributed by atoms with Gasteiger partial charge in [-0.15, -0.1) is 0 Å². The zero-order chi connectivity index (χ0) is 13.1. The maximum atomic E-state index is 11.8. The van der Waals surface area contributed by atoms with Gasteiger partial charge in [0.25, 0.3) is 0 Å². The number of sulfone groups is 1. The molecule has 0 bridgehead atoms. The number of aliphatic carboxylic acids is 1. The summed E-state index contributed by atoms with van der Waals surface area (Å²) in [4.78, 5) is 23.7. The van der Waals surface area contributed by atoms with E-state index in [0.29, 0.717) is 13.1 Å². The second kappa shape index (κ2) is 5.48. The molecule has 1 amide bonds. The molecular weight excluding hydrogens is 246 g/mol. The Morgan fingerprint density at radius 3 is 2.29 bits per heavy atom.